The molecule has 2 amide bonds. The van der Waals surface area contributed by atoms with Gasteiger partial charge in [0.1, 0.15) is 0 Å². The first kappa shape index (κ1) is 19.0. The van der Waals surface area contributed by atoms with Crippen molar-refractivity contribution in [3.63, 3.8) is 0 Å². The van der Waals surface area contributed by atoms with Gasteiger partial charge in [0.05, 0.1) is 6.61 Å². The Morgan fingerprint density at radius 1 is 1.07 bits per heavy atom. The zero-order chi connectivity index (χ0) is 19.2. The minimum Gasteiger partial charge on any atom is -0.487 e. The normalized spacial score (nSPS) is 13.3. The van der Waals surface area contributed by atoms with E-state index in [1.807, 2.05) is 25.1 Å². The third kappa shape index (κ3) is 4.71. The fraction of sp³-hybridized carbons (Fsp3) is 0.238. The van der Waals surface area contributed by atoms with E-state index < -0.39 is 0 Å². The molecule has 1 aliphatic rings. The van der Waals surface area contributed by atoms with Crippen molar-refractivity contribution in [3.05, 3.63) is 70.3 Å². The Kier molecular flexibility index (Phi) is 6.19. The number of carbonyl (C=O) groups is 2. The van der Waals surface area contributed by atoms with Gasteiger partial charge in [-0.2, -0.15) is 0 Å². The Morgan fingerprint density at radius 3 is 2.52 bits per heavy atom. The number of hydrogen-bond donors (Lipinski definition) is 2. The molecule has 0 aromatic heterocycles. The minimum atomic E-state index is -0.285. The zero-order valence-corrected chi connectivity index (χ0v) is 16.2. The van der Waals surface area contributed by atoms with E-state index in [-0.39, 0.29) is 11.8 Å². The second kappa shape index (κ2) is 8.77. The van der Waals surface area contributed by atoms with Gasteiger partial charge in [-0.05, 0) is 48.7 Å². The van der Waals surface area contributed by atoms with E-state index in [0.29, 0.717) is 23.6 Å². The Labute approximate surface area is 163 Å². The van der Waals surface area contributed by atoms with Crippen LogP contribution in [0.2, 0.25) is 0 Å². The predicted octanol–water partition coefficient (Wildman–Crippen LogP) is 4.35. The molecule has 3 rings (SSSR count). The molecular formula is C21H22N2O3S. The molecule has 2 aromatic rings. The summed E-state index contributed by atoms with van der Waals surface area (Å²) in [5.74, 6) is 0.708. The van der Waals surface area contributed by atoms with Crippen molar-refractivity contribution < 1.29 is 14.3 Å². The topological polar surface area (TPSA) is 67.4 Å². The lowest BCUT2D eigenvalue weighted by Gasteiger charge is -2.15. The number of hydrogen-bond acceptors (Lipinski definition) is 4. The van der Waals surface area contributed by atoms with Gasteiger partial charge in [0.25, 0.3) is 11.8 Å². The molecule has 0 saturated carbocycles. The number of amides is 2. The standard InChI is InChI=1S/C21H22N2O3S/c1-3-15-6-4-5-14(2)19(15)23-20(24)16-7-9-17(10-8-16)22-21(25)18-13-27-12-11-26-18/h4-10,13H,3,11-12H2,1-2H3,(H,22,25)(H,23,24). The van der Waals surface area contributed by atoms with Crippen molar-refractivity contribution in [2.45, 2.75) is 20.3 Å². The van der Waals surface area contributed by atoms with Gasteiger partial charge in [-0.1, -0.05) is 25.1 Å². The molecule has 27 heavy (non-hydrogen) atoms. The van der Waals surface area contributed by atoms with Crippen molar-refractivity contribution in [2.75, 3.05) is 23.0 Å². The maximum atomic E-state index is 12.6. The lowest BCUT2D eigenvalue weighted by atomic mass is 10.1. The molecule has 0 radical (unpaired) electrons. The molecular weight excluding hydrogens is 360 g/mol. The molecule has 1 heterocycles. The maximum Gasteiger partial charge on any atom is 0.291 e. The molecule has 0 saturated heterocycles. The van der Waals surface area contributed by atoms with Crippen LogP contribution in [0.25, 0.3) is 0 Å². The first-order valence-corrected chi connectivity index (χ1v) is 9.89. The van der Waals surface area contributed by atoms with Gasteiger partial charge in [0, 0.05) is 28.1 Å². The fourth-order valence-corrected chi connectivity index (χ4v) is 3.40. The molecule has 2 N–H and O–H groups in total. The lowest BCUT2D eigenvalue weighted by Crippen LogP contribution is -2.19. The number of anilines is 2. The van der Waals surface area contributed by atoms with Crippen LogP contribution in [0.1, 0.15) is 28.4 Å². The smallest absolute Gasteiger partial charge is 0.291 e. The predicted molar refractivity (Wildman–Crippen MR) is 110 cm³/mol. The summed E-state index contributed by atoms with van der Waals surface area (Å²) in [6, 6.07) is 12.8. The molecule has 0 atom stereocenters. The fourth-order valence-electron chi connectivity index (χ4n) is 2.77. The summed E-state index contributed by atoms with van der Waals surface area (Å²) in [7, 11) is 0. The van der Waals surface area contributed by atoms with E-state index in [0.717, 1.165) is 29.0 Å². The first-order chi connectivity index (χ1) is 13.1. The van der Waals surface area contributed by atoms with Crippen LogP contribution in [-0.4, -0.2) is 24.2 Å². The van der Waals surface area contributed by atoms with E-state index in [2.05, 4.69) is 17.6 Å². The van der Waals surface area contributed by atoms with Crippen LogP contribution in [0, 0.1) is 6.92 Å². The quantitative estimate of drug-likeness (QED) is 0.807. The third-order valence-electron chi connectivity index (χ3n) is 4.26. The van der Waals surface area contributed by atoms with Crippen LogP contribution < -0.4 is 10.6 Å². The Hall–Kier alpha value is -2.73. The van der Waals surface area contributed by atoms with E-state index in [9.17, 15) is 9.59 Å². The zero-order valence-electron chi connectivity index (χ0n) is 15.4. The van der Waals surface area contributed by atoms with Crippen molar-refractivity contribution >= 4 is 35.0 Å². The Morgan fingerprint density at radius 2 is 1.85 bits per heavy atom. The molecule has 0 unspecified atom stereocenters. The van der Waals surface area contributed by atoms with E-state index in [1.165, 1.54) is 0 Å². The molecule has 6 heteroatoms. The highest BCUT2D eigenvalue weighted by Crippen LogP contribution is 2.22. The maximum absolute atomic E-state index is 12.6. The van der Waals surface area contributed by atoms with E-state index >= 15 is 0 Å². The van der Waals surface area contributed by atoms with Gasteiger partial charge in [0.15, 0.2) is 5.76 Å². The van der Waals surface area contributed by atoms with Gasteiger partial charge in [-0.25, -0.2) is 0 Å². The van der Waals surface area contributed by atoms with Crippen LogP contribution >= 0.6 is 11.8 Å². The van der Waals surface area contributed by atoms with Crippen LogP contribution in [-0.2, 0) is 16.0 Å². The van der Waals surface area contributed by atoms with Crippen LogP contribution in [0.15, 0.2) is 53.6 Å². The summed E-state index contributed by atoms with van der Waals surface area (Å²) in [5.41, 5.74) is 4.14. The van der Waals surface area contributed by atoms with Crippen molar-refractivity contribution in [3.8, 4) is 0 Å². The van der Waals surface area contributed by atoms with Crippen LogP contribution in [0.5, 0.6) is 0 Å². The lowest BCUT2D eigenvalue weighted by molar-refractivity contribution is -0.116. The molecule has 140 valence electrons. The largest absolute Gasteiger partial charge is 0.487 e. The number of ether oxygens (including phenoxy) is 1. The van der Waals surface area contributed by atoms with Gasteiger partial charge in [-0.3, -0.25) is 9.59 Å². The Balaban J connectivity index is 1.67. The minimum absolute atomic E-state index is 0.174. The number of carbonyl (C=O) groups excluding carboxylic acids is 2. The van der Waals surface area contributed by atoms with Gasteiger partial charge in [-0.15, -0.1) is 11.8 Å². The van der Waals surface area contributed by atoms with E-state index in [4.69, 9.17) is 4.74 Å². The molecule has 0 fully saturated rings. The highest BCUT2D eigenvalue weighted by atomic mass is 32.2. The highest BCUT2D eigenvalue weighted by Gasteiger charge is 2.15. The summed E-state index contributed by atoms with van der Waals surface area (Å²) in [6.45, 7) is 4.57. The average Bonchev–Trinajstić information content (AvgIpc) is 2.70. The molecule has 0 aliphatic carbocycles. The number of benzene rings is 2. The van der Waals surface area contributed by atoms with Crippen LogP contribution in [0.4, 0.5) is 11.4 Å². The summed E-state index contributed by atoms with van der Waals surface area (Å²) < 4.78 is 5.34. The molecule has 1 aliphatic heterocycles. The SMILES string of the molecule is CCc1cccc(C)c1NC(=O)c1ccc(NC(=O)C2=CSCCO2)cc1. The van der Waals surface area contributed by atoms with Gasteiger partial charge >= 0.3 is 0 Å². The average molecular weight is 382 g/mol. The Bertz CT molecular complexity index is 875. The third-order valence-corrected chi connectivity index (χ3v) is 5.04. The summed E-state index contributed by atoms with van der Waals surface area (Å²) in [4.78, 5) is 24.7. The second-order valence-electron chi connectivity index (χ2n) is 6.15. The van der Waals surface area contributed by atoms with E-state index in [1.54, 1.807) is 41.4 Å². The van der Waals surface area contributed by atoms with Crippen molar-refractivity contribution in [2.24, 2.45) is 0 Å². The monoisotopic (exact) mass is 382 g/mol. The summed E-state index contributed by atoms with van der Waals surface area (Å²) >= 11 is 1.55. The molecule has 2 aromatic carbocycles. The number of para-hydroxylation sites is 1. The molecule has 0 bridgehead atoms. The second-order valence-corrected chi connectivity index (χ2v) is 7.13. The molecule has 0 spiro atoms. The summed E-state index contributed by atoms with van der Waals surface area (Å²) in [5, 5.41) is 7.49. The number of aryl methyl sites for hydroxylation is 2. The molecule has 5 nitrogen and oxygen atoms in total. The van der Waals surface area contributed by atoms with Gasteiger partial charge < -0.3 is 15.4 Å². The number of rotatable bonds is 5. The van der Waals surface area contributed by atoms with Gasteiger partial charge in [0.2, 0.25) is 0 Å². The summed E-state index contributed by atoms with van der Waals surface area (Å²) in [6.07, 6.45) is 0.846. The van der Waals surface area contributed by atoms with Crippen molar-refractivity contribution in [1.29, 1.82) is 0 Å². The first-order valence-electron chi connectivity index (χ1n) is 8.84. The van der Waals surface area contributed by atoms with Crippen LogP contribution in [0.3, 0.4) is 0 Å². The van der Waals surface area contributed by atoms with Crippen molar-refractivity contribution in [1.82, 2.24) is 0 Å². The number of thioether (sulfide) groups is 1. The highest BCUT2D eigenvalue weighted by molar-refractivity contribution is 8.02. The number of nitrogens with one attached hydrogen (secondary N) is 2.